The van der Waals surface area contributed by atoms with Crippen LogP contribution in [0.15, 0.2) is 182 Å². The topological polar surface area (TPSA) is 46.5 Å². The standard InChI is InChI=1S/C48H30N4/c49-31-37-29-40(34-23-25-50-26-24-34)48(52-44-18-10-8-16-39(44)42-28-36(20-22-46(42)52)33-13-5-2-6-14-33)30-47(37)51-43-17-9-7-15-38(43)41-27-35(19-21-45(41)51)32-11-3-1-4-12-32/h1-30H. The Morgan fingerprint density at radius 3 is 1.40 bits per heavy atom. The molecule has 3 heterocycles. The summed E-state index contributed by atoms with van der Waals surface area (Å²) in [6.45, 7) is 0. The van der Waals surface area contributed by atoms with Gasteiger partial charge in [0, 0.05) is 39.5 Å². The first-order valence-corrected chi connectivity index (χ1v) is 17.4. The average Bonchev–Trinajstić information content (AvgIpc) is 3.73. The lowest BCUT2D eigenvalue weighted by molar-refractivity contribution is 1.13. The third kappa shape index (κ3) is 4.65. The summed E-state index contributed by atoms with van der Waals surface area (Å²) in [4.78, 5) is 4.32. The molecule has 0 saturated heterocycles. The number of hydrogen-bond acceptors (Lipinski definition) is 2. The fourth-order valence-corrected chi connectivity index (χ4v) is 7.88. The molecule has 0 unspecified atom stereocenters. The number of hydrogen-bond donors (Lipinski definition) is 0. The third-order valence-corrected chi connectivity index (χ3v) is 10.3. The maximum absolute atomic E-state index is 10.8. The van der Waals surface area contributed by atoms with E-state index in [1.165, 1.54) is 27.5 Å². The van der Waals surface area contributed by atoms with Crippen LogP contribution in [0.2, 0.25) is 0 Å². The molecule has 4 heteroatoms. The van der Waals surface area contributed by atoms with Crippen molar-refractivity contribution in [3.05, 3.63) is 188 Å². The Morgan fingerprint density at radius 2 is 0.865 bits per heavy atom. The summed E-state index contributed by atoms with van der Waals surface area (Å²) in [5.41, 5.74) is 13.4. The highest BCUT2D eigenvalue weighted by Crippen LogP contribution is 2.42. The van der Waals surface area contributed by atoms with Gasteiger partial charge in [0.05, 0.1) is 39.0 Å². The lowest BCUT2D eigenvalue weighted by atomic mass is 9.99. The second-order valence-electron chi connectivity index (χ2n) is 13.1. The van der Waals surface area contributed by atoms with Crippen molar-refractivity contribution in [2.45, 2.75) is 0 Å². The van der Waals surface area contributed by atoms with Gasteiger partial charge in [-0.3, -0.25) is 4.98 Å². The van der Waals surface area contributed by atoms with Crippen molar-refractivity contribution >= 4 is 43.6 Å². The third-order valence-electron chi connectivity index (χ3n) is 10.3. The van der Waals surface area contributed by atoms with E-state index in [4.69, 9.17) is 0 Å². The van der Waals surface area contributed by atoms with Gasteiger partial charge in [-0.1, -0.05) is 109 Å². The van der Waals surface area contributed by atoms with Crippen LogP contribution in [0.3, 0.4) is 0 Å². The Morgan fingerprint density at radius 1 is 0.385 bits per heavy atom. The molecule has 0 atom stereocenters. The number of nitrogens with zero attached hydrogens (tertiary/aromatic N) is 4. The minimum atomic E-state index is 0.595. The van der Waals surface area contributed by atoms with E-state index in [0.717, 1.165) is 60.9 Å². The second kappa shape index (κ2) is 12.0. The molecule has 3 aromatic heterocycles. The van der Waals surface area contributed by atoms with Crippen LogP contribution in [0.1, 0.15) is 5.56 Å². The zero-order valence-electron chi connectivity index (χ0n) is 28.1. The lowest BCUT2D eigenvalue weighted by Gasteiger charge is -2.19. The maximum Gasteiger partial charge on any atom is 0.101 e. The van der Waals surface area contributed by atoms with Crippen LogP contribution < -0.4 is 0 Å². The fourth-order valence-electron chi connectivity index (χ4n) is 7.88. The fraction of sp³-hybridized carbons (Fsp3) is 0. The monoisotopic (exact) mass is 662 g/mol. The van der Waals surface area contributed by atoms with Gasteiger partial charge in [-0.2, -0.15) is 5.26 Å². The van der Waals surface area contributed by atoms with Crippen LogP contribution in [-0.2, 0) is 0 Å². The van der Waals surface area contributed by atoms with Gasteiger partial charge in [-0.05, 0) is 88.5 Å². The van der Waals surface area contributed by atoms with Gasteiger partial charge >= 0.3 is 0 Å². The van der Waals surface area contributed by atoms with Crippen molar-refractivity contribution in [1.82, 2.24) is 14.1 Å². The van der Waals surface area contributed by atoms with Crippen molar-refractivity contribution in [3.63, 3.8) is 0 Å². The van der Waals surface area contributed by atoms with E-state index in [-0.39, 0.29) is 0 Å². The maximum atomic E-state index is 10.8. The number of rotatable bonds is 5. The summed E-state index contributed by atoms with van der Waals surface area (Å²) in [6.07, 6.45) is 3.63. The number of fused-ring (bicyclic) bond motifs is 6. The van der Waals surface area contributed by atoms with E-state index in [9.17, 15) is 5.26 Å². The van der Waals surface area contributed by atoms with Crippen molar-refractivity contribution in [3.8, 4) is 50.8 Å². The zero-order valence-corrected chi connectivity index (χ0v) is 28.1. The molecule has 0 spiro atoms. The molecule has 0 radical (unpaired) electrons. The Balaban J connectivity index is 1.29. The molecule has 10 aromatic rings. The second-order valence-corrected chi connectivity index (χ2v) is 13.1. The molecular formula is C48H30N4. The number of nitriles is 1. The average molecular weight is 663 g/mol. The van der Waals surface area contributed by atoms with Crippen LogP contribution >= 0.6 is 0 Å². The summed E-state index contributed by atoms with van der Waals surface area (Å²) >= 11 is 0. The SMILES string of the molecule is N#Cc1cc(-c2ccncc2)c(-n2c3ccccc3c3cc(-c4ccccc4)ccc32)cc1-n1c2ccccc2c2cc(-c3ccccc3)ccc21. The molecule has 0 aliphatic heterocycles. The highest BCUT2D eigenvalue weighted by molar-refractivity contribution is 6.12. The smallest absolute Gasteiger partial charge is 0.101 e. The van der Waals surface area contributed by atoms with E-state index < -0.39 is 0 Å². The summed E-state index contributed by atoms with van der Waals surface area (Å²) in [7, 11) is 0. The van der Waals surface area contributed by atoms with Gasteiger partial charge in [0.1, 0.15) is 6.07 Å². The molecule has 7 aromatic carbocycles. The Hall–Kier alpha value is -7.22. The van der Waals surface area contributed by atoms with Crippen LogP contribution in [0.5, 0.6) is 0 Å². The highest BCUT2D eigenvalue weighted by atomic mass is 15.0. The van der Waals surface area contributed by atoms with Crippen LogP contribution in [0, 0.1) is 11.3 Å². The molecule has 4 nitrogen and oxygen atoms in total. The summed E-state index contributed by atoms with van der Waals surface area (Å²) in [5, 5.41) is 15.5. The van der Waals surface area contributed by atoms with E-state index >= 15 is 0 Å². The number of para-hydroxylation sites is 2. The summed E-state index contributed by atoms with van der Waals surface area (Å²) < 4.78 is 4.63. The molecule has 0 aliphatic carbocycles. The van der Waals surface area contributed by atoms with Crippen molar-refractivity contribution in [1.29, 1.82) is 5.26 Å². The van der Waals surface area contributed by atoms with E-state index in [1.54, 1.807) is 0 Å². The molecule has 0 N–H and O–H groups in total. The molecule has 0 saturated carbocycles. The van der Waals surface area contributed by atoms with E-state index in [0.29, 0.717) is 5.56 Å². The van der Waals surface area contributed by atoms with Gasteiger partial charge in [-0.25, -0.2) is 0 Å². The van der Waals surface area contributed by atoms with Gasteiger partial charge in [-0.15, -0.1) is 0 Å². The van der Waals surface area contributed by atoms with Gasteiger partial charge in [0.15, 0.2) is 0 Å². The molecule has 0 aliphatic rings. The number of aromatic nitrogens is 3. The first-order valence-electron chi connectivity index (χ1n) is 17.4. The number of benzene rings is 7. The van der Waals surface area contributed by atoms with Gasteiger partial charge in [0.2, 0.25) is 0 Å². The molecule has 0 fully saturated rings. The molecule has 0 bridgehead atoms. The van der Waals surface area contributed by atoms with Crippen molar-refractivity contribution in [2.24, 2.45) is 0 Å². The van der Waals surface area contributed by atoms with Crippen molar-refractivity contribution < 1.29 is 0 Å². The Bertz CT molecular complexity index is 3000. The lowest BCUT2D eigenvalue weighted by Crippen LogP contribution is -2.04. The predicted molar refractivity (Wildman–Crippen MR) is 214 cm³/mol. The summed E-state index contributed by atoms with van der Waals surface area (Å²) in [6, 6.07) is 62.4. The minimum absolute atomic E-state index is 0.595. The molecule has 0 amide bonds. The van der Waals surface area contributed by atoms with Gasteiger partial charge < -0.3 is 9.13 Å². The van der Waals surface area contributed by atoms with E-state index in [1.807, 2.05) is 30.6 Å². The molecule has 242 valence electrons. The first-order chi connectivity index (χ1) is 25.8. The van der Waals surface area contributed by atoms with Crippen LogP contribution in [0.25, 0.3) is 88.4 Å². The van der Waals surface area contributed by atoms with Gasteiger partial charge in [0.25, 0.3) is 0 Å². The highest BCUT2D eigenvalue weighted by Gasteiger charge is 2.22. The van der Waals surface area contributed by atoms with Crippen LogP contribution in [-0.4, -0.2) is 14.1 Å². The number of pyridine rings is 1. The molecular weight excluding hydrogens is 633 g/mol. The Kier molecular flexibility index (Phi) is 6.84. The summed E-state index contributed by atoms with van der Waals surface area (Å²) in [5.74, 6) is 0. The first kappa shape index (κ1) is 29.7. The molecule has 52 heavy (non-hydrogen) atoms. The quantitative estimate of drug-likeness (QED) is 0.184. The van der Waals surface area contributed by atoms with E-state index in [2.05, 4.69) is 172 Å². The van der Waals surface area contributed by atoms with Crippen molar-refractivity contribution in [2.75, 3.05) is 0 Å². The molecule has 10 rings (SSSR count). The minimum Gasteiger partial charge on any atom is -0.309 e. The zero-order chi connectivity index (χ0) is 34.6. The Labute approximate surface area is 300 Å². The largest absolute Gasteiger partial charge is 0.309 e. The normalized spacial score (nSPS) is 11.4. The van der Waals surface area contributed by atoms with Crippen LogP contribution in [0.4, 0.5) is 0 Å². The predicted octanol–water partition coefficient (Wildman–Crippen LogP) is 12.1.